The first-order chi connectivity index (χ1) is 16.1. The first-order valence-corrected chi connectivity index (χ1v) is 12.2. The molecule has 0 unspecified atom stereocenters. The number of amides is 1. The van der Waals surface area contributed by atoms with Gasteiger partial charge in [-0.05, 0) is 73.3 Å². The number of hydrogen-bond donors (Lipinski definition) is 1. The number of hydrogen-bond acceptors (Lipinski definition) is 3. The Morgan fingerprint density at radius 3 is 2.35 bits per heavy atom. The molecule has 0 aliphatic heterocycles. The topological polar surface area (TPSA) is 32.3 Å². The maximum atomic E-state index is 12.9. The lowest BCUT2D eigenvalue weighted by Gasteiger charge is -2.23. The van der Waals surface area contributed by atoms with Crippen molar-refractivity contribution in [2.75, 3.05) is 6.54 Å². The molecule has 0 fully saturated rings. The van der Waals surface area contributed by atoms with Crippen LogP contribution in [0, 0.1) is 12.8 Å². The summed E-state index contributed by atoms with van der Waals surface area (Å²) in [5.74, 6) is 0.310. The van der Waals surface area contributed by atoms with E-state index in [2.05, 4.69) is 43.1 Å². The molecule has 34 heavy (non-hydrogen) atoms. The predicted molar refractivity (Wildman–Crippen MR) is 132 cm³/mol. The van der Waals surface area contributed by atoms with Crippen LogP contribution in [0.25, 0.3) is 0 Å². The van der Waals surface area contributed by atoms with Crippen molar-refractivity contribution in [2.45, 2.75) is 53.0 Å². The second-order valence-corrected chi connectivity index (χ2v) is 10.4. The lowest BCUT2D eigenvalue weighted by molar-refractivity contribution is -0.137. The number of thiophene rings is 1. The Bertz CT molecular complexity index is 1070. The third kappa shape index (κ3) is 7.99. The number of nitrogens with zero attached hydrogens (tertiary/aromatic N) is 1. The van der Waals surface area contributed by atoms with Crippen molar-refractivity contribution in [1.29, 1.82) is 0 Å². The number of rotatable bonds is 10. The van der Waals surface area contributed by atoms with E-state index < -0.39 is 11.7 Å². The van der Waals surface area contributed by atoms with E-state index in [9.17, 15) is 18.0 Å². The molecule has 1 N–H and O–H groups in total. The average molecular weight is 489 g/mol. The average Bonchev–Trinajstić information content (AvgIpc) is 3.20. The summed E-state index contributed by atoms with van der Waals surface area (Å²) >= 11 is 1.82. The van der Waals surface area contributed by atoms with Crippen molar-refractivity contribution in [3.63, 3.8) is 0 Å². The van der Waals surface area contributed by atoms with Crippen molar-refractivity contribution in [3.8, 4) is 0 Å². The molecule has 0 atom stereocenters. The van der Waals surface area contributed by atoms with Crippen molar-refractivity contribution in [2.24, 2.45) is 5.92 Å². The van der Waals surface area contributed by atoms with Gasteiger partial charge in [0.25, 0.3) is 5.91 Å². The zero-order valence-electron chi connectivity index (χ0n) is 19.8. The van der Waals surface area contributed by atoms with Gasteiger partial charge in [-0.25, -0.2) is 0 Å². The van der Waals surface area contributed by atoms with Crippen LogP contribution in [0.5, 0.6) is 0 Å². The molecular weight excluding hydrogens is 457 g/mol. The van der Waals surface area contributed by atoms with Gasteiger partial charge in [0.1, 0.15) is 0 Å². The second-order valence-electron chi connectivity index (χ2n) is 8.98. The minimum atomic E-state index is -4.40. The fraction of sp³-hybridized carbons (Fsp3) is 0.370. The number of alkyl halides is 3. The molecule has 1 aromatic heterocycles. The van der Waals surface area contributed by atoms with Crippen LogP contribution in [-0.4, -0.2) is 17.4 Å². The van der Waals surface area contributed by atoms with Gasteiger partial charge in [0, 0.05) is 35.0 Å². The zero-order chi connectivity index (χ0) is 24.7. The Balaban J connectivity index is 1.59. The molecule has 0 aliphatic rings. The van der Waals surface area contributed by atoms with E-state index in [1.807, 2.05) is 23.5 Å². The standard InChI is InChI=1S/C27H31F3N2OS/c1-19(2)13-14-32(18-25-12-7-20(3)34-25)17-21-8-10-23(11-9-21)26(33)31-16-22-5-4-6-24(15-22)27(28,29)30/h4-12,15,19H,13-14,16-18H2,1-3H3,(H,31,33). The number of aryl methyl sites for hydroxylation is 1. The monoisotopic (exact) mass is 488 g/mol. The summed E-state index contributed by atoms with van der Waals surface area (Å²) in [7, 11) is 0. The van der Waals surface area contributed by atoms with Gasteiger partial charge in [-0.15, -0.1) is 11.3 Å². The Kier molecular flexibility index (Phi) is 8.91. The van der Waals surface area contributed by atoms with Crippen LogP contribution in [0.4, 0.5) is 13.2 Å². The minimum absolute atomic E-state index is 0.0354. The summed E-state index contributed by atoms with van der Waals surface area (Å²) in [6.45, 7) is 9.27. The molecule has 1 amide bonds. The van der Waals surface area contributed by atoms with E-state index >= 15 is 0 Å². The van der Waals surface area contributed by atoms with Crippen LogP contribution in [0.15, 0.2) is 60.7 Å². The molecule has 182 valence electrons. The number of benzene rings is 2. The summed E-state index contributed by atoms with van der Waals surface area (Å²) in [5, 5.41) is 2.71. The fourth-order valence-corrected chi connectivity index (χ4v) is 4.54. The number of carbonyl (C=O) groups is 1. The molecule has 0 radical (unpaired) electrons. The van der Waals surface area contributed by atoms with Crippen LogP contribution in [0.2, 0.25) is 0 Å². The van der Waals surface area contributed by atoms with Gasteiger partial charge in [0.05, 0.1) is 5.56 Å². The summed E-state index contributed by atoms with van der Waals surface area (Å²) < 4.78 is 38.6. The molecule has 0 saturated carbocycles. The van der Waals surface area contributed by atoms with Crippen molar-refractivity contribution in [1.82, 2.24) is 10.2 Å². The minimum Gasteiger partial charge on any atom is -0.348 e. The highest BCUT2D eigenvalue weighted by Crippen LogP contribution is 2.29. The Hall–Kier alpha value is -2.64. The quantitative estimate of drug-likeness (QED) is 0.332. The van der Waals surface area contributed by atoms with Gasteiger partial charge in [0.2, 0.25) is 0 Å². The highest BCUT2D eigenvalue weighted by Gasteiger charge is 2.30. The molecule has 0 saturated heterocycles. The highest BCUT2D eigenvalue weighted by molar-refractivity contribution is 7.11. The SMILES string of the molecule is Cc1ccc(CN(CCC(C)C)Cc2ccc(C(=O)NCc3cccc(C(F)(F)F)c3)cc2)s1. The summed E-state index contributed by atoms with van der Waals surface area (Å²) in [5.41, 5.74) is 1.29. The first kappa shape index (κ1) is 26.0. The van der Waals surface area contributed by atoms with Crippen LogP contribution in [0.3, 0.4) is 0 Å². The van der Waals surface area contributed by atoms with Crippen LogP contribution < -0.4 is 5.32 Å². The number of halogens is 3. The Labute approximate surface area is 203 Å². The molecule has 3 aromatic rings. The lowest BCUT2D eigenvalue weighted by Crippen LogP contribution is -2.25. The molecule has 0 bridgehead atoms. The Morgan fingerprint density at radius 1 is 1.00 bits per heavy atom. The van der Waals surface area contributed by atoms with E-state index in [1.165, 1.54) is 15.8 Å². The normalized spacial score (nSPS) is 11.9. The fourth-order valence-electron chi connectivity index (χ4n) is 3.61. The molecule has 3 nitrogen and oxygen atoms in total. The van der Waals surface area contributed by atoms with Crippen molar-refractivity contribution in [3.05, 3.63) is 92.7 Å². The van der Waals surface area contributed by atoms with Gasteiger partial charge < -0.3 is 5.32 Å². The maximum Gasteiger partial charge on any atom is 0.416 e. The van der Waals surface area contributed by atoms with Crippen LogP contribution in [-0.2, 0) is 25.8 Å². The maximum absolute atomic E-state index is 12.9. The Morgan fingerprint density at radius 2 is 1.74 bits per heavy atom. The van der Waals surface area contributed by atoms with Gasteiger partial charge >= 0.3 is 6.18 Å². The highest BCUT2D eigenvalue weighted by atomic mass is 32.1. The molecule has 0 spiro atoms. The van der Waals surface area contributed by atoms with E-state index in [-0.39, 0.29) is 12.5 Å². The third-order valence-electron chi connectivity index (χ3n) is 5.53. The van der Waals surface area contributed by atoms with Crippen molar-refractivity contribution >= 4 is 17.2 Å². The molecular formula is C27H31F3N2OS. The van der Waals surface area contributed by atoms with E-state index in [0.29, 0.717) is 17.0 Å². The van der Waals surface area contributed by atoms with E-state index in [0.717, 1.165) is 43.8 Å². The smallest absolute Gasteiger partial charge is 0.348 e. The van der Waals surface area contributed by atoms with Gasteiger partial charge in [-0.1, -0.05) is 38.1 Å². The van der Waals surface area contributed by atoms with Crippen LogP contribution >= 0.6 is 11.3 Å². The molecule has 3 rings (SSSR count). The zero-order valence-corrected chi connectivity index (χ0v) is 20.6. The third-order valence-corrected chi connectivity index (χ3v) is 6.51. The molecule has 7 heteroatoms. The first-order valence-electron chi connectivity index (χ1n) is 11.4. The summed E-state index contributed by atoms with van der Waals surface area (Å²) in [6, 6.07) is 16.8. The van der Waals surface area contributed by atoms with Crippen molar-refractivity contribution < 1.29 is 18.0 Å². The van der Waals surface area contributed by atoms with Gasteiger partial charge in [-0.3, -0.25) is 9.69 Å². The number of nitrogens with one attached hydrogen (secondary N) is 1. The van der Waals surface area contributed by atoms with Crippen LogP contribution in [0.1, 0.15) is 57.1 Å². The largest absolute Gasteiger partial charge is 0.416 e. The van der Waals surface area contributed by atoms with Gasteiger partial charge in [0.15, 0.2) is 0 Å². The molecule has 1 heterocycles. The second kappa shape index (κ2) is 11.7. The molecule has 0 aliphatic carbocycles. The predicted octanol–water partition coefficient (Wildman–Crippen LogP) is 7.05. The van der Waals surface area contributed by atoms with E-state index in [1.54, 1.807) is 18.2 Å². The summed E-state index contributed by atoms with van der Waals surface area (Å²) in [4.78, 5) is 17.6. The number of carbonyl (C=O) groups excluding carboxylic acids is 1. The molecule has 2 aromatic carbocycles. The lowest BCUT2D eigenvalue weighted by atomic mass is 10.1. The van der Waals surface area contributed by atoms with Gasteiger partial charge in [-0.2, -0.15) is 13.2 Å². The van der Waals surface area contributed by atoms with E-state index in [4.69, 9.17) is 0 Å². The summed E-state index contributed by atoms with van der Waals surface area (Å²) in [6.07, 6.45) is -3.29.